The highest BCUT2D eigenvalue weighted by atomic mass is 16.5. The lowest BCUT2D eigenvalue weighted by Gasteiger charge is -2.21. The zero-order valence-corrected chi connectivity index (χ0v) is 9.36. The van der Waals surface area contributed by atoms with E-state index in [1.807, 2.05) is 38.1 Å². The summed E-state index contributed by atoms with van der Waals surface area (Å²) in [6.45, 7) is 5.09. The number of aliphatic hydroxyl groups is 1. The number of rotatable bonds is 5. The molecule has 0 unspecified atom stereocenters. The lowest BCUT2D eigenvalue weighted by Crippen LogP contribution is -2.25. The molecule has 0 aliphatic heterocycles. The average Bonchev–Trinajstić information content (AvgIpc) is 2.27. The molecular formula is C12H19NO2. The van der Waals surface area contributed by atoms with Crippen molar-refractivity contribution in [2.24, 2.45) is 11.1 Å². The Labute approximate surface area is 90.9 Å². The van der Waals surface area contributed by atoms with Crippen LogP contribution in [0.3, 0.4) is 0 Å². The largest absolute Gasteiger partial charge is 0.493 e. The second-order valence-corrected chi connectivity index (χ2v) is 4.46. The maximum absolute atomic E-state index is 9.06. The maximum atomic E-state index is 9.06. The van der Waals surface area contributed by atoms with E-state index in [1.165, 1.54) is 0 Å². The van der Waals surface area contributed by atoms with Gasteiger partial charge in [-0.2, -0.15) is 0 Å². The molecule has 1 aromatic rings. The number of nitrogens with two attached hydrogens (primary N) is 1. The first-order valence-electron chi connectivity index (χ1n) is 5.10. The number of benzene rings is 1. The molecule has 0 saturated carbocycles. The van der Waals surface area contributed by atoms with E-state index in [4.69, 9.17) is 15.6 Å². The van der Waals surface area contributed by atoms with Crippen LogP contribution in [0.5, 0.6) is 5.75 Å². The minimum atomic E-state index is -0.202. The summed E-state index contributed by atoms with van der Waals surface area (Å²) in [6.07, 6.45) is 0. The van der Waals surface area contributed by atoms with Crippen LogP contribution in [0.1, 0.15) is 19.4 Å². The van der Waals surface area contributed by atoms with E-state index in [-0.39, 0.29) is 12.0 Å². The van der Waals surface area contributed by atoms with Gasteiger partial charge in [0.25, 0.3) is 0 Å². The maximum Gasteiger partial charge on any atom is 0.119 e. The fraction of sp³-hybridized carbons (Fsp3) is 0.500. The second-order valence-electron chi connectivity index (χ2n) is 4.46. The molecule has 0 heterocycles. The van der Waals surface area contributed by atoms with Crippen molar-refractivity contribution in [3.63, 3.8) is 0 Å². The summed E-state index contributed by atoms with van der Waals surface area (Å²) in [5.74, 6) is 0.814. The zero-order valence-electron chi connectivity index (χ0n) is 9.36. The minimum Gasteiger partial charge on any atom is -0.493 e. The molecule has 0 atom stereocenters. The SMILES string of the molecule is CC(C)(CO)COc1ccc(CN)cc1. The highest BCUT2D eigenvalue weighted by Crippen LogP contribution is 2.18. The van der Waals surface area contributed by atoms with Gasteiger partial charge < -0.3 is 15.6 Å². The van der Waals surface area contributed by atoms with Gasteiger partial charge in [0.2, 0.25) is 0 Å². The normalized spacial score (nSPS) is 11.5. The van der Waals surface area contributed by atoms with Crippen LogP contribution in [-0.4, -0.2) is 18.3 Å². The van der Waals surface area contributed by atoms with E-state index in [9.17, 15) is 0 Å². The van der Waals surface area contributed by atoms with Crippen LogP contribution < -0.4 is 10.5 Å². The Morgan fingerprint density at radius 3 is 2.33 bits per heavy atom. The number of hydrogen-bond donors (Lipinski definition) is 2. The van der Waals surface area contributed by atoms with Crippen LogP contribution >= 0.6 is 0 Å². The minimum absolute atomic E-state index is 0.119. The molecule has 3 nitrogen and oxygen atoms in total. The Morgan fingerprint density at radius 2 is 1.87 bits per heavy atom. The molecule has 0 aliphatic carbocycles. The van der Waals surface area contributed by atoms with Crippen LogP contribution in [0.25, 0.3) is 0 Å². The first kappa shape index (κ1) is 12.0. The van der Waals surface area contributed by atoms with Crippen molar-refractivity contribution in [2.45, 2.75) is 20.4 Å². The molecule has 0 aliphatic rings. The van der Waals surface area contributed by atoms with Crippen molar-refractivity contribution >= 4 is 0 Å². The summed E-state index contributed by atoms with van der Waals surface area (Å²) >= 11 is 0. The quantitative estimate of drug-likeness (QED) is 0.773. The Bertz CT molecular complexity index is 293. The second kappa shape index (κ2) is 5.14. The van der Waals surface area contributed by atoms with Gasteiger partial charge in [0.05, 0.1) is 13.2 Å². The molecule has 3 heteroatoms. The smallest absolute Gasteiger partial charge is 0.119 e. The van der Waals surface area contributed by atoms with Crippen molar-refractivity contribution < 1.29 is 9.84 Å². The molecule has 0 bridgehead atoms. The van der Waals surface area contributed by atoms with Gasteiger partial charge in [-0.25, -0.2) is 0 Å². The topological polar surface area (TPSA) is 55.5 Å². The summed E-state index contributed by atoms with van der Waals surface area (Å²) in [6, 6.07) is 7.69. The Balaban J connectivity index is 2.51. The summed E-state index contributed by atoms with van der Waals surface area (Å²) < 4.78 is 5.56. The molecule has 84 valence electrons. The van der Waals surface area contributed by atoms with E-state index in [1.54, 1.807) is 0 Å². The third kappa shape index (κ3) is 3.90. The van der Waals surface area contributed by atoms with Gasteiger partial charge in [-0.05, 0) is 17.7 Å². The van der Waals surface area contributed by atoms with Gasteiger partial charge in [-0.3, -0.25) is 0 Å². The Kier molecular flexibility index (Phi) is 4.12. The third-order valence-corrected chi connectivity index (χ3v) is 2.22. The van der Waals surface area contributed by atoms with Crippen LogP contribution in [0, 0.1) is 5.41 Å². The molecule has 15 heavy (non-hydrogen) atoms. The standard InChI is InChI=1S/C12H19NO2/c1-12(2,8-14)9-15-11-5-3-10(7-13)4-6-11/h3-6,14H,7-9,13H2,1-2H3. The molecule has 1 rings (SSSR count). The Morgan fingerprint density at radius 1 is 1.27 bits per heavy atom. The molecule has 0 amide bonds. The number of aliphatic hydroxyl groups excluding tert-OH is 1. The molecule has 0 fully saturated rings. The van der Waals surface area contributed by atoms with Crippen molar-refractivity contribution in [3.8, 4) is 5.75 Å². The number of hydrogen-bond acceptors (Lipinski definition) is 3. The van der Waals surface area contributed by atoms with Crippen molar-refractivity contribution in [2.75, 3.05) is 13.2 Å². The molecule has 1 aromatic carbocycles. The molecular weight excluding hydrogens is 190 g/mol. The monoisotopic (exact) mass is 209 g/mol. The summed E-state index contributed by atoms with van der Waals surface area (Å²) in [7, 11) is 0. The van der Waals surface area contributed by atoms with Crippen LogP contribution in [-0.2, 0) is 6.54 Å². The van der Waals surface area contributed by atoms with E-state index in [0.717, 1.165) is 11.3 Å². The molecule has 0 radical (unpaired) electrons. The highest BCUT2D eigenvalue weighted by Gasteiger charge is 2.17. The van der Waals surface area contributed by atoms with Gasteiger partial charge in [0.1, 0.15) is 5.75 Å². The predicted octanol–water partition coefficient (Wildman–Crippen LogP) is 1.54. The first-order chi connectivity index (χ1) is 7.07. The van der Waals surface area contributed by atoms with Gasteiger partial charge in [-0.1, -0.05) is 26.0 Å². The van der Waals surface area contributed by atoms with E-state index in [2.05, 4.69) is 0 Å². The summed E-state index contributed by atoms with van der Waals surface area (Å²) in [5.41, 5.74) is 6.38. The van der Waals surface area contributed by atoms with Crippen LogP contribution in [0.2, 0.25) is 0 Å². The first-order valence-corrected chi connectivity index (χ1v) is 5.10. The molecule has 0 spiro atoms. The number of ether oxygens (including phenoxy) is 1. The zero-order chi connectivity index (χ0) is 11.3. The third-order valence-electron chi connectivity index (χ3n) is 2.22. The average molecular weight is 209 g/mol. The van der Waals surface area contributed by atoms with E-state index in [0.29, 0.717) is 13.2 Å². The van der Waals surface area contributed by atoms with Gasteiger partial charge in [0, 0.05) is 12.0 Å². The molecule has 0 saturated heterocycles. The van der Waals surface area contributed by atoms with Gasteiger partial charge >= 0.3 is 0 Å². The van der Waals surface area contributed by atoms with Crippen molar-refractivity contribution in [3.05, 3.63) is 29.8 Å². The summed E-state index contributed by atoms with van der Waals surface area (Å²) in [4.78, 5) is 0. The lowest BCUT2D eigenvalue weighted by atomic mass is 9.96. The van der Waals surface area contributed by atoms with Crippen LogP contribution in [0.4, 0.5) is 0 Å². The van der Waals surface area contributed by atoms with Crippen molar-refractivity contribution in [1.29, 1.82) is 0 Å². The van der Waals surface area contributed by atoms with Gasteiger partial charge in [0.15, 0.2) is 0 Å². The molecule has 3 N–H and O–H groups in total. The lowest BCUT2D eigenvalue weighted by molar-refractivity contribution is 0.0975. The highest BCUT2D eigenvalue weighted by molar-refractivity contribution is 5.27. The fourth-order valence-corrected chi connectivity index (χ4v) is 1.05. The summed E-state index contributed by atoms with van der Waals surface area (Å²) in [5, 5.41) is 9.06. The fourth-order valence-electron chi connectivity index (χ4n) is 1.05. The van der Waals surface area contributed by atoms with E-state index >= 15 is 0 Å². The van der Waals surface area contributed by atoms with Gasteiger partial charge in [-0.15, -0.1) is 0 Å². The predicted molar refractivity (Wildman–Crippen MR) is 60.7 cm³/mol. The van der Waals surface area contributed by atoms with Crippen LogP contribution in [0.15, 0.2) is 24.3 Å². The molecule has 0 aromatic heterocycles. The Hall–Kier alpha value is -1.06. The van der Waals surface area contributed by atoms with Crippen molar-refractivity contribution in [1.82, 2.24) is 0 Å². The van der Waals surface area contributed by atoms with E-state index < -0.39 is 0 Å².